The summed E-state index contributed by atoms with van der Waals surface area (Å²) in [6.07, 6.45) is 3.84. The molecule has 0 radical (unpaired) electrons. The summed E-state index contributed by atoms with van der Waals surface area (Å²) in [7, 11) is 11.0. The van der Waals surface area contributed by atoms with Gasteiger partial charge in [0.05, 0.1) is 46.4 Å². The fourth-order valence-electron chi connectivity index (χ4n) is 2.11. The number of imidazole rings is 1. The Morgan fingerprint density at radius 3 is 2.22 bits per heavy atom. The van der Waals surface area contributed by atoms with Crippen molar-refractivity contribution in [3.05, 3.63) is 24.5 Å². The average Bonchev–Trinajstić information content (AvgIpc) is 2.82. The molecule has 0 bridgehead atoms. The van der Waals surface area contributed by atoms with E-state index in [0.717, 1.165) is 17.4 Å². The highest BCUT2D eigenvalue weighted by Crippen LogP contribution is 2.39. The highest BCUT2D eigenvalue weighted by atomic mass is 35.5. The first kappa shape index (κ1) is 18.8. The minimum absolute atomic E-state index is 0. The largest absolute Gasteiger partial charge is 1.00 e. The molecule has 1 aromatic heterocycles. The van der Waals surface area contributed by atoms with Gasteiger partial charge in [0, 0.05) is 31.3 Å². The standard InChI is InChI=1S/C15H22N5O2.ClH/c1-18(2)12-10-13(21-5)11(9-14(12)22-6)16-17-15-19(3)7-8-20(15)4;/h7-10H,1-6H3;1H/q+1;/p-1. The molecule has 0 saturated heterocycles. The summed E-state index contributed by atoms with van der Waals surface area (Å²) in [5.74, 6) is 2.10. The zero-order chi connectivity index (χ0) is 16.3. The van der Waals surface area contributed by atoms with Gasteiger partial charge >= 0.3 is 5.95 Å². The van der Waals surface area contributed by atoms with E-state index in [0.29, 0.717) is 11.4 Å². The van der Waals surface area contributed by atoms with E-state index in [1.165, 1.54) is 0 Å². The summed E-state index contributed by atoms with van der Waals surface area (Å²) in [6, 6.07) is 3.71. The van der Waals surface area contributed by atoms with Gasteiger partial charge in [-0.3, -0.25) is 0 Å². The van der Waals surface area contributed by atoms with Gasteiger partial charge in [0.15, 0.2) is 0 Å². The van der Waals surface area contributed by atoms with Crippen LogP contribution < -0.4 is 31.3 Å². The molecule has 2 rings (SSSR count). The molecule has 1 heterocycles. The van der Waals surface area contributed by atoms with Gasteiger partial charge in [-0.05, 0) is 0 Å². The zero-order valence-corrected chi connectivity index (χ0v) is 15.0. The van der Waals surface area contributed by atoms with Gasteiger partial charge in [-0.25, -0.2) is 9.13 Å². The van der Waals surface area contributed by atoms with E-state index in [9.17, 15) is 0 Å². The average molecular weight is 340 g/mol. The Balaban J connectivity index is 0.00000264. The van der Waals surface area contributed by atoms with Crippen LogP contribution in [0.25, 0.3) is 0 Å². The number of benzene rings is 1. The molecule has 8 heteroatoms. The fourth-order valence-corrected chi connectivity index (χ4v) is 2.11. The van der Waals surface area contributed by atoms with E-state index in [-0.39, 0.29) is 12.4 Å². The van der Waals surface area contributed by atoms with Gasteiger partial charge in [0.25, 0.3) is 0 Å². The Morgan fingerprint density at radius 2 is 1.74 bits per heavy atom. The Morgan fingerprint density at radius 1 is 1.09 bits per heavy atom. The molecule has 0 spiro atoms. The van der Waals surface area contributed by atoms with Crippen molar-refractivity contribution in [3.63, 3.8) is 0 Å². The van der Waals surface area contributed by atoms with Gasteiger partial charge in [0.1, 0.15) is 17.2 Å². The molecule has 0 N–H and O–H groups in total. The number of hydrogen-bond donors (Lipinski definition) is 0. The Hall–Kier alpha value is -2.28. The van der Waals surface area contributed by atoms with Crippen molar-refractivity contribution in [2.75, 3.05) is 33.2 Å². The number of methoxy groups -OCH3 is 2. The molecule has 0 unspecified atom stereocenters. The number of nitrogens with zero attached hydrogens (tertiary/aromatic N) is 5. The van der Waals surface area contributed by atoms with E-state index in [2.05, 4.69) is 10.2 Å². The Labute approximate surface area is 142 Å². The lowest BCUT2D eigenvalue weighted by Crippen LogP contribution is -3.00. The van der Waals surface area contributed by atoms with Crippen molar-refractivity contribution in [2.24, 2.45) is 24.3 Å². The molecule has 0 atom stereocenters. The van der Waals surface area contributed by atoms with Crippen LogP contribution in [0.15, 0.2) is 34.8 Å². The van der Waals surface area contributed by atoms with Crippen molar-refractivity contribution in [1.82, 2.24) is 4.57 Å². The molecule has 0 aliphatic heterocycles. The molecular weight excluding hydrogens is 318 g/mol. The maximum atomic E-state index is 5.42. The Bertz CT molecular complexity index is 678. The van der Waals surface area contributed by atoms with E-state index < -0.39 is 0 Å². The van der Waals surface area contributed by atoms with Crippen molar-refractivity contribution in [3.8, 4) is 11.5 Å². The van der Waals surface area contributed by atoms with Gasteiger partial charge in [0.2, 0.25) is 0 Å². The smallest absolute Gasteiger partial charge is 0.421 e. The van der Waals surface area contributed by atoms with E-state index in [1.807, 2.05) is 66.8 Å². The van der Waals surface area contributed by atoms with Crippen molar-refractivity contribution >= 4 is 17.3 Å². The summed E-state index contributed by atoms with van der Waals surface area (Å²) in [6.45, 7) is 0. The summed E-state index contributed by atoms with van der Waals surface area (Å²) in [5, 5.41) is 8.61. The second-order valence-electron chi connectivity index (χ2n) is 5.11. The number of rotatable bonds is 5. The number of ether oxygens (including phenoxy) is 2. The van der Waals surface area contributed by atoms with Crippen LogP contribution in [0, 0.1) is 0 Å². The first-order valence-corrected chi connectivity index (χ1v) is 6.84. The topological polar surface area (TPSA) is 55.2 Å². The van der Waals surface area contributed by atoms with E-state index in [4.69, 9.17) is 9.47 Å². The van der Waals surface area contributed by atoms with E-state index >= 15 is 0 Å². The van der Waals surface area contributed by atoms with Crippen molar-refractivity contribution in [2.45, 2.75) is 0 Å². The minimum Gasteiger partial charge on any atom is -1.00 e. The van der Waals surface area contributed by atoms with Crippen LogP contribution in [0.3, 0.4) is 0 Å². The Kier molecular flexibility index (Phi) is 6.38. The van der Waals surface area contributed by atoms with Crippen molar-refractivity contribution in [1.29, 1.82) is 0 Å². The summed E-state index contributed by atoms with van der Waals surface area (Å²) in [4.78, 5) is 1.96. The highest BCUT2D eigenvalue weighted by molar-refractivity contribution is 5.69. The van der Waals surface area contributed by atoms with Gasteiger partial charge < -0.3 is 26.8 Å². The molecule has 0 saturated carbocycles. The third-order valence-corrected chi connectivity index (χ3v) is 3.35. The molecule has 0 aliphatic carbocycles. The van der Waals surface area contributed by atoms with Gasteiger partial charge in [-0.1, -0.05) is 5.11 Å². The molecule has 126 valence electrons. The molecule has 2 aromatic rings. The maximum absolute atomic E-state index is 5.42. The van der Waals surface area contributed by atoms with Crippen LogP contribution in [0.5, 0.6) is 11.5 Å². The number of halogens is 1. The van der Waals surface area contributed by atoms with Crippen LogP contribution >= 0.6 is 0 Å². The molecule has 0 aliphatic rings. The monoisotopic (exact) mass is 339 g/mol. The quantitative estimate of drug-likeness (QED) is 0.537. The summed E-state index contributed by atoms with van der Waals surface area (Å²) in [5.41, 5.74) is 1.54. The molecule has 0 fully saturated rings. The maximum Gasteiger partial charge on any atom is 0.421 e. The summed E-state index contributed by atoms with van der Waals surface area (Å²) < 4.78 is 14.6. The van der Waals surface area contributed by atoms with Crippen LogP contribution in [0.1, 0.15) is 0 Å². The van der Waals surface area contributed by atoms with E-state index in [1.54, 1.807) is 14.2 Å². The predicted octanol–water partition coefficient (Wildman–Crippen LogP) is -0.648. The zero-order valence-electron chi connectivity index (χ0n) is 14.2. The van der Waals surface area contributed by atoms with Gasteiger partial charge in [-0.2, -0.15) is 0 Å². The van der Waals surface area contributed by atoms with Crippen LogP contribution in [0.4, 0.5) is 17.3 Å². The first-order chi connectivity index (χ1) is 10.5. The molecule has 0 amide bonds. The number of aryl methyl sites for hydroxylation is 2. The lowest BCUT2D eigenvalue weighted by Gasteiger charge is -2.18. The summed E-state index contributed by atoms with van der Waals surface area (Å²) >= 11 is 0. The predicted molar refractivity (Wildman–Crippen MR) is 84.6 cm³/mol. The normalized spacial score (nSPS) is 10.5. The molecular formula is C15H22ClN5O2. The third-order valence-electron chi connectivity index (χ3n) is 3.35. The first-order valence-electron chi connectivity index (χ1n) is 6.84. The molecule has 1 aromatic carbocycles. The number of anilines is 1. The molecule has 23 heavy (non-hydrogen) atoms. The number of hydrogen-bond acceptors (Lipinski definition) is 5. The van der Waals surface area contributed by atoms with Crippen LogP contribution in [-0.4, -0.2) is 32.9 Å². The SMILES string of the molecule is COc1cc(N(C)C)c(OC)cc1N=Nc1n(C)cc[n+]1C.[Cl-]. The van der Waals surface area contributed by atoms with Gasteiger partial charge in [-0.15, -0.1) is 0 Å². The second kappa shape index (κ2) is 7.82. The fraction of sp³-hybridized carbons (Fsp3) is 0.400. The van der Waals surface area contributed by atoms with Crippen molar-refractivity contribution < 1.29 is 26.4 Å². The number of aromatic nitrogens is 2. The lowest BCUT2D eigenvalue weighted by atomic mass is 10.2. The minimum atomic E-state index is 0. The third kappa shape index (κ3) is 3.92. The molecule has 7 nitrogen and oxygen atoms in total. The van der Waals surface area contributed by atoms with Crippen LogP contribution in [0.2, 0.25) is 0 Å². The number of azo groups is 1. The van der Waals surface area contributed by atoms with Crippen LogP contribution in [-0.2, 0) is 14.1 Å². The lowest BCUT2D eigenvalue weighted by molar-refractivity contribution is -0.657. The highest BCUT2D eigenvalue weighted by Gasteiger charge is 2.15. The second-order valence-corrected chi connectivity index (χ2v) is 5.11.